The van der Waals surface area contributed by atoms with Gasteiger partial charge in [-0.3, -0.25) is 9.10 Å². The second-order valence-corrected chi connectivity index (χ2v) is 9.86. The van der Waals surface area contributed by atoms with Crippen LogP contribution in [0.1, 0.15) is 46.8 Å². The predicted octanol–water partition coefficient (Wildman–Crippen LogP) is 5.34. The number of amides is 1. The Kier molecular flexibility index (Phi) is 6.81. The number of sulfonamides is 1. The molecular formula is C25H28N2O3S. The first-order valence-corrected chi connectivity index (χ1v) is 12.0. The number of rotatable bonds is 7. The minimum atomic E-state index is -3.49. The van der Waals surface area contributed by atoms with Crippen LogP contribution in [0, 0.1) is 6.92 Å². The van der Waals surface area contributed by atoms with E-state index < -0.39 is 10.0 Å². The molecule has 0 heterocycles. The van der Waals surface area contributed by atoms with Gasteiger partial charge in [0.2, 0.25) is 10.0 Å². The summed E-state index contributed by atoms with van der Waals surface area (Å²) < 4.78 is 26.1. The Bertz CT molecular complexity index is 1160. The maximum Gasteiger partial charge on any atom is 0.255 e. The highest BCUT2D eigenvalue weighted by Gasteiger charge is 2.19. The molecule has 0 aromatic heterocycles. The van der Waals surface area contributed by atoms with Crippen LogP contribution in [0.2, 0.25) is 0 Å². The maximum atomic E-state index is 12.9. The van der Waals surface area contributed by atoms with Crippen molar-refractivity contribution >= 4 is 27.3 Å². The third-order valence-corrected chi connectivity index (χ3v) is 6.29. The molecule has 0 saturated carbocycles. The van der Waals surface area contributed by atoms with Gasteiger partial charge in [0.05, 0.1) is 18.5 Å². The molecule has 0 atom stereocenters. The molecule has 0 radical (unpaired) electrons. The Balaban J connectivity index is 1.84. The van der Waals surface area contributed by atoms with Crippen molar-refractivity contribution in [1.82, 2.24) is 0 Å². The van der Waals surface area contributed by atoms with Crippen molar-refractivity contribution in [2.24, 2.45) is 0 Å². The van der Waals surface area contributed by atoms with E-state index in [1.54, 1.807) is 24.3 Å². The van der Waals surface area contributed by atoms with Gasteiger partial charge in [0, 0.05) is 11.3 Å². The van der Waals surface area contributed by atoms with E-state index in [2.05, 4.69) is 19.2 Å². The summed E-state index contributed by atoms with van der Waals surface area (Å²) in [7, 11) is -3.49. The third kappa shape index (κ3) is 5.52. The molecule has 3 aromatic rings. The molecule has 0 bridgehead atoms. The van der Waals surface area contributed by atoms with Crippen molar-refractivity contribution in [3.63, 3.8) is 0 Å². The second-order valence-electron chi connectivity index (χ2n) is 7.95. The van der Waals surface area contributed by atoms with Crippen molar-refractivity contribution in [2.45, 2.75) is 33.2 Å². The number of para-hydroxylation sites is 1. The normalized spacial score (nSPS) is 11.4. The molecule has 0 aliphatic rings. The van der Waals surface area contributed by atoms with Crippen LogP contribution in [-0.4, -0.2) is 20.6 Å². The lowest BCUT2D eigenvalue weighted by Gasteiger charge is -2.23. The van der Waals surface area contributed by atoms with Crippen molar-refractivity contribution in [3.05, 3.63) is 95.1 Å². The van der Waals surface area contributed by atoms with Crippen LogP contribution in [0.15, 0.2) is 72.8 Å². The molecule has 0 unspecified atom stereocenters. The van der Waals surface area contributed by atoms with E-state index in [0.717, 1.165) is 22.4 Å². The Labute approximate surface area is 184 Å². The van der Waals surface area contributed by atoms with Gasteiger partial charge in [-0.25, -0.2) is 8.42 Å². The van der Waals surface area contributed by atoms with Crippen LogP contribution in [0.25, 0.3) is 0 Å². The lowest BCUT2D eigenvalue weighted by atomic mass is 9.98. The number of benzene rings is 3. The SMILES string of the molecule is Cc1cccc(C(C)C)c1NC(=O)c1ccc(N(Cc2ccccc2)S(C)(=O)=O)cc1. The standard InChI is InChI=1S/C25H28N2O3S/c1-18(2)23-12-8-9-19(3)24(23)26-25(28)21-13-15-22(16-14-21)27(31(4,29)30)17-20-10-6-5-7-11-20/h5-16,18H,17H2,1-4H3,(H,26,28). The Morgan fingerprint density at radius 1 is 0.935 bits per heavy atom. The van der Waals surface area contributed by atoms with Crippen molar-refractivity contribution in [2.75, 3.05) is 15.9 Å². The summed E-state index contributed by atoms with van der Waals surface area (Å²) in [5.41, 5.74) is 4.78. The number of carbonyl (C=O) groups is 1. The van der Waals surface area contributed by atoms with Crippen molar-refractivity contribution < 1.29 is 13.2 Å². The molecule has 0 fully saturated rings. The molecule has 0 spiro atoms. The summed E-state index contributed by atoms with van der Waals surface area (Å²) in [6.45, 7) is 6.38. The number of anilines is 2. The molecule has 0 saturated heterocycles. The number of hydrogen-bond acceptors (Lipinski definition) is 3. The van der Waals surface area contributed by atoms with Crippen molar-refractivity contribution in [3.8, 4) is 0 Å². The molecule has 5 nitrogen and oxygen atoms in total. The first-order valence-electron chi connectivity index (χ1n) is 10.2. The minimum absolute atomic E-state index is 0.225. The Morgan fingerprint density at radius 2 is 1.58 bits per heavy atom. The summed E-state index contributed by atoms with van der Waals surface area (Å²) in [4.78, 5) is 12.9. The molecule has 0 aliphatic heterocycles. The molecule has 162 valence electrons. The van der Waals surface area contributed by atoms with E-state index >= 15 is 0 Å². The fourth-order valence-corrected chi connectivity index (χ4v) is 4.34. The van der Waals surface area contributed by atoms with Crippen LogP contribution in [-0.2, 0) is 16.6 Å². The molecule has 1 amide bonds. The maximum absolute atomic E-state index is 12.9. The van der Waals surface area contributed by atoms with Crippen LogP contribution >= 0.6 is 0 Å². The number of carbonyl (C=O) groups excluding carboxylic acids is 1. The monoisotopic (exact) mass is 436 g/mol. The highest BCUT2D eigenvalue weighted by atomic mass is 32.2. The zero-order valence-electron chi connectivity index (χ0n) is 18.3. The molecule has 31 heavy (non-hydrogen) atoms. The molecule has 3 aromatic carbocycles. The lowest BCUT2D eigenvalue weighted by Crippen LogP contribution is -2.29. The summed E-state index contributed by atoms with van der Waals surface area (Å²) in [5, 5.41) is 3.02. The smallest absolute Gasteiger partial charge is 0.255 e. The number of hydrogen-bond donors (Lipinski definition) is 1. The van der Waals surface area contributed by atoms with Gasteiger partial charge < -0.3 is 5.32 Å². The number of nitrogens with one attached hydrogen (secondary N) is 1. The largest absolute Gasteiger partial charge is 0.321 e. The average molecular weight is 437 g/mol. The first kappa shape index (κ1) is 22.6. The van der Waals surface area contributed by atoms with E-state index in [4.69, 9.17) is 0 Å². The van der Waals surface area contributed by atoms with Gasteiger partial charge in [-0.2, -0.15) is 0 Å². The fraction of sp³-hybridized carbons (Fsp3) is 0.240. The summed E-state index contributed by atoms with van der Waals surface area (Å²) >= 11 is 0. The van der Waals surface area contributed by atoms with E-state index in [-0.39, 0.29) is 18.4 Å². The summed E-state index contributed by atoms with van der Waals surface area (Å²) in [5.74, 6) is 0.0515. The van der Waals surface area contributed by atoms with Gasteiger partial charge in [-0.05, 0) is 53.8 Å². The zero-order chi connectivity index (χ0) is 22.6. The highest BCUT2D eigenvalue weighted by Crippen LogP contribution is 2.28. The Hall–Kier alpha value is -3.12. The van der Waals surface area contributed by atoms with Crippen molar-refractivity contribution in [1.29, 1.82) is 0 Å². The van der Waals surface area contributed by atoms with Gasteiger partial charge in [0.1, 0.15) is 0 Å². The molecule has 6 heteroatoms. The van der Waals surface area contributed by atoms with Gasteiger partial charge in [0.25, 0.3) is 5.91 Å². The van der Waals surface area contributed by atoms with Crippen LogP contribution in [0.3, 0.4) is 0 Å². The first-order chi connectivity index (χ1) is 14.7. The third-order valence-electron chi connectivity index (χ3n) is 5.15. The van der Waals surface area contributed by atoms with E-state index in [9.17, 15) is 13.2 Å². The van der Waals surface area contributed by atoms with Gasteiger partial charge in [-0.1, -0.05) is 62.4 Å². The zero-order valence-corrected chi connectivity index (χ0v) is 19.1. The Morgan fingerprint density at radius 3 is 2.16 bits per heavy atom. The topological polar surface area (TPSA) is 66.5 Å². The molecular weight excluding hydrogens is 408 g/mol. The van der Waals surface area contributed by atoms with Crippen LogP contribution in [0.4, 0.5) is 11.4 Å². The summed E-state index contributed by atoms with van der Waals surface area (Å²) in [6.07, 6.45) is 1.18. The van der Waals surface area contributed by atoms with Gasteiger partial charge in [0.15, 0.2) is 0 Å². The molecule has 3 rings (SSSR count). The second kappa shape index (κ2) is 9.35. The molecule has 1 N–H and O–H groups in total. The fourth-order valence-electron chi connectivity index (χ4n) is 3.46. The lowest BCUT2D eigenvalue weighted by molar-refractivity contribution is 0.102. The van der Waals surface area contributed by atoms with Crippen LogP contribution in [0.5, 0.6) is 0 Å². The molecule has 0 aliphatic carbocycles. The number of aryl methyl sites for hydroxylation is 1. The van der Waals surface area contributed by atoms with Crippen LogP contribution < -0.4 is 9.62 Å². The summed E-state index contributed by atoms with van der Waals surface area (Å²) in [6, 6.07) is 22.0. The van der Waals surface area contributed by atoms with E-state index in [1.165, 1.54) is 10.6 Å². The van der Waals surface area contributed by atoms with E-state index in [1.807, 2.05) is 55.5 Å². The number of nitrogens with zero attached hydrogens (tertiary/aromatic N) is 1. The average Bonchev–Trinajstić information content (AvgIpc) is 2.73. The van der Waals surface area contributed by atoms with E-state index in [0.29, 0.717) is 11.3 Å². The van der Waals surface area contributed by atoms with Gasteiger partial charge in [-0.15, -0.1) is 0 Å². The van der Waals surface area contributed by atoms with Gasteiger partial charge >= 0.3 is 0 Å². The highest BCUT2D eigenvalue weighted by molar-refractivity contribution is 7.92. The predicted molar refractivity (Wildman–Crippen MR) is 127 cm³/mol. The minimum Gasteiger partial charge on any atom is -0.321 e. The quantitative estimate of drug-likeness (QED) is 0.544.